The van der Waals surface area contributed by atoms with Crippen molar-refractivity contribution in [1.29, 1.82) is 0 Å². The Morgan fingerprint density at radius 1 is 0.625 bits per heavy atom. The van der Waals surface area contributed by atoms with E-state index < -0.39 is 72.3 Å². The van der Waals surface area contributed by atoms with Crippen molar-refractivity contribution in [3.05, 3.63) is 36.5 Å². The van der Waals surface area contributed by atoms with Crippen LogP contribution in [0.1, 0.15) is 156 Å². The van der Waals surface area contributed by atoms with E-state index >= 15 is 0 Å². The van der Waals surface area contributed by atoms with Gasteiger partial charge in [-0.05, 0) is 44.4 Å². The van der Waals surface area contributed by atoms with Gasteiger partial charge in [0.25, 0.3) is 0 Å². The number of allylic oxidation sites excluding steroid dienone is 4. The summed E-state index contributed by atoms with van der Waals surface area (Å²) in [4.78, 5) is 52.6. The number of rotatable bonds is 38. The van der Waals surface area contributed by atoms with E-state index in [1.54, 1.807) is 6.08 Å². The highest BCUT2D eigenvalue weighted by Crippen LogP contribution is 2.43. The minimum atomic E-state index is -4.87. The number of carbonyl (C=O) groups is 2. The van der Waals surface area contributed by atoms with Crippen LogP contribution in [0.25, 0.3) is 0 Å². The predicted octanol–water partition coefficient (Wildman–Crippen LogP) is 8.94. The summed E-state index contributed by atoms with van der Waals surface area (Å²) in [6.07, 6.45) is 27.7. The summed E-state index contributed by atoms with van der Waals surface area (Å²) in [5.74, 6) is -0.317. The van der Waals surface area contributed by atoms with Crippen LogP contribution in [0.5, 0.6) is 0 Å². The largest absolute Gasteiger partial charge is 0.472 e. The maximum atomic E-state index is 12.6. The average Bonchev–Trinajstić information content (AvgIpc) is 3.13. The molecular weight excluding hydrogens is 766 g/mol. The van der Waals surface area contributed by atoms with Crippen molar-refractivity contribution in [3.63, 3.8) is 0 Å². The molecular formula is C40H74O14P2. The molecule has 0 amide bonds. The second-order valence-corrected chi connectivity index (χ2v) is 17.3. The first-order valence-corrected chi connectivity index (χ1v) is 23.7. The zero-order valence-electron chi connectivity index (χ0n) is 34.3. The van der Waals surface area contributed by atoms with E-state index in [0.717, 1.165) is 63.7 Å². The second-order valence-electron chi connectivity index (χ2n) is 14.6. The second kappa shape index (κ2) is 35.3. The van der Waals surface area contributed by atoms with Crippen molar-refractivity contribution in [1.82, 2.24) is 0 Å². The van der Waals surface area contributed by atoms with Gasteiger partial charge < -0.3 is 34.4 Å². The number of aliphatic hydroxyl groups excluding tert-OH is 2. The van der Waals surface area contributed by atoms with Gasteiger partial charge in [0, 0.05) is 12.8 Å². The van der Waals surface area contributed by atoms with Crippen LogP contribution in [-0.2, 0) is 41.8 Å². The highest BCUT2D eigenvalue weighted by atomic mass is 31.2. The van der Waals surface area contributed by atoms with E-state index in [-0.39, 0.29) is 12.8 Å². The third kappa shape index (κ3) is 39.1. The van der Waals surface area contributed by atoms with Crippen molar-refractivity contribution in [2.45, 2.75) is 174 Å². The first-order chi connectivity index (χ1) is 26.6. The molecule has 0 rings (SSSR count). The number of unbranched alkanes of at least 4 members (excludes halogenated alkanes) is 14. The topological polar surface area (TPSA) is 216 Å². The van der Waals surface area contributed by atoms with Gasteiger partial charge in [-0.2, -0.15) is 0 Å². The molecule has 328 valence electrons. The smallest absolute Gasteiger partial charge is 0.462 e. The minimum absolute atomic E-state index is 0.0854. The van der Waals surface area contributed by atoms with Crippen LogP contribution in [-0.4, -0.2) is 81.6 Å². The summed E-state index contributed by atoms with van der Waals surface area (Å²) in [6, 6.07) is 0. The molecule has 0 radical (unpaired) electrons. The Morgan fingerprint density at radius 2 is 1.16 bits per heavy atom. The van der Waals surface area contributed by atoms with Crippen LogP contribution in [0.3, 0.4) is 0 Å². The predicted molar refractivity (Wildman–Crippen MR) is 217 cm³/mol. The maximum absolute atomic E-state index is 12.6. The van der Waals surface area contributed by atoms with Crippen LogP contribution in [0.15, 0.2) is 36.5 Å². The van der Waals surface area contributed by atoms with E-state index in [4.69, 9.17) is 23.8 Å². The zero-order chi connectivity index (χ0) is 41.9. The highest BCUT2D eigenvalue weighted by molar-refractivity contribution is 7.47. The fourth-order valence-corrected chi connectivity index (χ4v) is 6.55. The fraction of sp³-hybridized carbons (Fsp3) is 0.800. The molecule has 0 aromatic rings. The number of esters is 2. The lowest BCUT2D eigenvalue weighted by atomic mass is 10.0. The van der Waals surface area contributed by atoms with E-state index in [1.807, 2.05) is 31.2 Å². The number of ether oxygens (including phenoxy) is 2. The quantitative estimate of drug-likeness (QED) is 0.0129. The van der Waals surface area contributed by atoms with Crippen LogP contribution >= 0.6 is 15.6 Å². The van der Waals surface area contributed by atoms with Crippen molar-refractivity contribution in [2.75, 3.05) is 26.4 Å². The number of aliphatic hydroxyl groups is 2. The molecule has 0 aromatic heterocycles. The Balaban J connectivity index is 4.62. The molecule has 56 heavy (non-hydrogen) atoms. The molecule has 0 spiro atoms. The first kappa shape index (κ1) is 54.3. The molecule has 5 N–H and O–H groups in total. The number of hydrogen-bond acceptors (Lipinski definition) is 11. The van der Waals surface area contributed by atoms with Gasteiger partial charge in [0.15, 0.2) is 6.10 Å². The van der Waals surface area contributed by atoms with Crippen molar-refractivity contribution >= 4 is 27.6 Å². The maximum Gasteiger partial charge on any atom is 0.472 e. The molecule has 0 heterocycles. The third-order valence-corrected chi connectivity index (χ3v) is 9.98. The SMILES string of the molecule is CC/C=C/CC(O)/C=C/C=C/CCCCCCCC(=O)O[C@H](COC(=O)CCCCCCCCCCCCC(C)C)COP(=O)(O)OC[C@@H](O)COP(=O)(O)O. The molecule has 14 nitrogen and oxygen atoms in total. The number of phosphoric ester groups is 2. The van der Waals surface area contributed by atoms with Crippen molar-refractivity contribution < 1.29 is 66.7 Å². The number of phosphoric acid groups is 2. The summed E-state index contributed by atoms with van der Waals surface area (Å²) in [5.41, 5.74) is 0. The van der Waals surface area contributed by atoms with Crippen LogP contribution < -0.4 is 0 Å². The molecule has 0 aliphatic rings. The van der Waals surface area contributed by atoms with E-state index in [1.165, 1.54) is 44.9 Å². The van der Waals surface area contributed by atoms with Gasteiger partial charge >= 0.3 is 27.6 Å². The first-order valence-electron chi connectivity index (χ1n) is 20.6. The Hall–Kier alpha value is -1.70. The average molecular weight is 841 g/mol. The number of hydrogen-bond donors (Lipinski definition) is 5. The Kier molecular flexibility index (Phi) is 34.2. The van der Waals surface area contributed by atoms with Crippen LogP contribution in [0, 0.1) is 5.92 Å². The molecule has 0 saturated heterocycles. The molecule has 0 aliphatic carbocycles. The normalized spacial score (nSPS) is 15.2. The van der Waals surface area contributed by atoms with E-state index in [9.17, 15) is 33.8 Å². The molecule has 0 fully saturated rings. The van der Waals surface area contributed by atoms with Crippen LogP contribution in [0.2, 0.25) is 0 Å². The van der Waals surface area contributed by atoms with Crippen molar-refractivity contribution in [2.24, 2.45) is 5.92 Å². The number of carbonyl (C=O) groups excluding carboxylic acids is 2. The molecule has 0 bridgehead atoms. The summed E-state index contributed by atoms with van der Waals surface area (Å²) in [5, 5.41) is 19.6. The van der Waals surface area contributed by atoms with Gasteiger partial charge in [-0.3, -0.25) is 23.2 Å². The standard InChI is InChI=1S/C40H74O14P2/c1-4-5-21-27-36(41)28-23-18-14-10-8-12-16-20-25-30-40(44)54-38(34-53-56(48,49)52-32-37(42)31-51-55(45,46)47)33-50-39(43)29-24-19-15-11-7-6-9-13-17-22-26-35(2)3/h5,14,18,21,23,28,35-38,41-42H,4,6-13,15-17,19-20,22,24-27,29-34H2,1-3H3,(H,48,49)(H2,45,46,47)/b18-14+,21-5+,28-23+/t36?,37-,38+/m0/s1. The molecule has 2 unspecified atom stereocenters. The van der Waals surface area contributed by atoms with E-state index in [0.29, 0.717) is 19.3 Å². The lowest BCUT2D eigenvalue weighted by Gasteiger charge is -2.20. The summed E-state index contributed by atoms with van der Waals surface area (Å²) >= 11 is 0. The summed E-state index contributed by atoms with van der Waals surface area (Å²) in [6.45, 7) is 3.79. The van der Waals surface area contributed by atoms with Gasteiger partial charge in [-0.15, -0.1) is 0 Å². The van der Waals surface area contributed by atoms with Gasteiger partial charge in [-0.25, -0.2) is 9.13 Å². The molecule has 16 heteroatoms. The summed E-state index contributed by atoms with van der Waals surface area (Å²) in [7, 11) is -9.69. The highest BCUT2D eigenvalue weighted by Gasteiger charge is 2.28. The Bertz CT molecular complexity index is 1170. The van der Waals surface area contributed by atoms with Crippen molar-refractivity contribution in [3.8, 4) is 0 Å². The monoisotopic (exact) mass is 840 g/mol. The minimum Gasteiger partial charge on any atom is -0.462 e. The van der Waals surface area contributed by atoms with E-state index in [2.05, 4.69) is 29.0 Å². The third-order valence-electron chi connectivity index (χ3n) is 8.54. The van der Waals surface area contributed by atoms with Gasteiger partial charge in [0.1, 0.15) is 12.7 Å². The summed E-state index contributed by atoms with van der Waals surface area (Å²) < 4.78 is 47.6. The lowest BCUT2D eigenvalue weighted by Crippen LogP contribution is -2.30. The van der Waals surface area contributed by atoms with Crippen LogP contribution in [0.4, 0.5) is 0 Å². The Morgan fingerprint density at radius 3 is 1.75 bits per heavy atom. The molecule has 0 aromatic carbocycles. The molecule has 0 saturated carbocycles. The van der Waals surface area contributed by atoms with Gasteiger partial charge in [0.2, 0.25) is 0 Å². The molecule has 0 aliphatic heterocycles. The zero-order valence-corrected chi connectivity index (χ0v) is 36.0. The van der Waals surface area contributed by atoms with Gasteiger partial charge in [0.05, 0.1) is 25.9 Å². The lowest BCUT2D eigenvalue weighted by molar-refractivity contribution is -0.161. The Labute approximate surface area is 336 Å². The molecule has 4 atom stereocenters. The fourth-order valence-electron chi connectivity index (χ4n) is 5.39. The van der Waals surface area contributed by atoms with Gasteiger partial charge in [-0.1, -0.05) is 141 Å².